The van der Waals surface area contributed by atoms with Crippen LogP contribution in [0.4, 0.5) is 10.5 Å². The largest absolute Gasteiger partial charge is 0.481 e. The predicted octanol–water partition coefficient (Wildman–Crippen LogP) is 3.39. The van der Waals surface area contributed by atoms with Gasteiger partial charge in [0.25, 0.3) is 0 Å². The fourth-order valence-electron chi connectivity index (χ4n) is 3.24. The summed E-state index contributed by atoms with van der Waals surface area (Å²) in [5, 5.41) is 16.9. The Labute approximate surface area is 196 Å². The summed E-state index contributed by atoms with van der Waals surface area (Å²) in [5.74, 6) is -1.39. The second-order valence-electron chi connectivity index (χ2n) is 6.89. The molecule has 184 valence electrons. The van der Waals surface area contributed by atoms with Gasteiger partial charge in [0, 0.05) is 17.9 Å². The Balaban J connectivity index is 0.00000242. The number of nitrogens with one attached hydrogen (secondary N) is 3. The molecule has 2 rings (SSSR count). The molecule has 1 saturated heterocycles. The number of likely N-dealkylation sites (tertiary alicyclic amines) is 1. The van der Waals surface area contributed by atoms with Crippen LogP contribution in [0.2, 0.25) is 0 Å². The molecule has 33 heavy (non-hydrogen) atoms. The van der Waals surface area contributed by atoms with E-state index in [1.165, 1.54) is 0 Å². The SMILES string of the molecule is C=C(N[C@H](C=O)CC(=O)O)C1CCCN1C(=O)[C@H](C)NC(=O)Nc1ccccc1.CC.CC. The number of aldehydes is 1. The van der Waals surface area contributed by atoms with Crippen molar-refractivity contribution in [2.24, 2.45) is 0 Å². The maximum Gasteiger partial charge on any atom is 0.319 e. The first-order chi connectivity index (χ1) is 15.8. The molecule has 9 heteroatoms. The number of nitrogens with zero attached hydrogens (tertiary/aromatic N) is 1. The number of amides is 3. The summed E-state index contributed by atoms with van der Waals surface area (Å²) in [6, 6.07) is 6.32. The first-order valence-electron chi connectivity index (χ1n) is 11.4. The van der Waals surface area contributed by atoms with Crippen LogP contribution >= 0.6 is 0 Å². The van der Waals surface area contributed by atoms with Crippen molar-refractivity contribution in [1.29, 1.82) is 0 Å². The third-order valence-corrected chi connectivity index (χ3v) is 4.62. The van der Waals surface area contributed by atoms with Gasteiger partial charge in [0.05, 0.1) is 18.5 Å². The van der Waals surface area contributed by atoms with Gasteiger partial charge in [-0.3, -0.25) is 9.59 Å². The van der Waals surface area contributed by atoms with Crippen LogP contribution in [0.1, 0.15) is 53.9 Å². The number of rotatable bonds is 9. The molecule has 0 saturated carbocycles. The van der Waals surface area contributed by atoms with Crippen molar-refractivity contribution < 1.29 is 24.3 Å². The van der Waals surface area contributed by atoms with E-state index >= 15 is 0 Å². The summed E-state index contributed by atoms with van der Waals surface area (Å²) in [4.78, 5) is 48.5. The molecule has 3 amide bonds. The molecule has 0 aliphatic carbocycles. The van der Waals surface area contributed by atoms with Gasteiger partial charge in [0.1, 0.15) is 12.3 Å². The topological polar surface area (TPSA) is 128 Å². The summed E-state index contributed by atoms with van der Waals surface area (Å²) in [5.41, 5.74) is 1.02. The van der Waals surface area contributed by atoms with Crippen molar-refractivity contribution in [2.45, 2.75) is 72.0 Å². The maximum atomic E-state index is 12.8. The number of aliphatic carboxylic acids is 1. The highest BCUT2D eigenvalue weighted by Gasteiger charge is 2.34. The Kier molecular flexibility index (Phi) is 14.6. The van der Waals surface area contributed by atoms with Crippen molar-refractivity contribution in [2.75, 3.05) is 11.9 Å². The highest BCUT2D eigenvalue weighted by atomic mass is 16.4. The van der Waals surface area contributed by atoms with E-state index in [9.17, 15) is 19.2 Å². The molecule has 1 aliphatic rings. The number of benzene rings is 1. The molecular weight excluding hydrogens is 424 g/mol. The van der Waals surface area contributed by atoms with Crippen LogP contribution in [0.5, 0.6) is 0 Å². The maximum absolute atomic E-state index is 12.8. The highest BCUT2D eigenvalue weighted by Crippen LogP contribution is 2.23. The molecular formula is C24H38N4O5. The van der Waals surface area contributed by atoms with Crippen LogP contribution in [-0.4, -0.2) is 58.9 Å². The average Bonchev–Trinajstić information content (AvgIpc) is 3.31. The first-order valence-corrected chi connectivity index (χ1v) is 11.4. The summed E-state index contributed by atoms with van der Waals surface area (Å²) < 4.78 is 0. The highest BCUT2D eigenvalue weighted by molar-refractivity contribution is 5.93. The second kappa shape index (κ2) is 16.3. The molecule has 0 spiro atoms. The van der Waals surface area contributed by atoms with E-state index in [-0.39, 0.29) is 18.4 Å². The number of para-hydroxylation sites is 1. The van der Waals surface area contributed by atoms with Crippen molar-refractivity contribution >= 4 is 29.9 Å². The standard InChI is InChI=1S/C20H26N4O5.2C2H6/c1-13(21-16(12-25)11-18(26)27)17-9-6-10-24(17)19(28)14(2)22-20(29)23-15-7-4-3-5-8-15;2*1-2/h3-5,7-8,12,14,16-17,21H,1,6,9-11H2,2H3,(H,26,27)(H2,22,23,29);2*1-2H3/t14-,16-,17?;;/m0../s1. The van der Waals surface area contributed by atoms with Gasteiger partial charge in [-0.2, -0.15) is 0 Å². The van der Waals surface area contributed by atoms with Crippen LogP contribution in [-0.2, 0) is 14.4 Å². The van der Waals surface area contributed by atoms with E-state index in [0.29, 0.717) is 30.6 Å². The number of anilines is 1. The van der Waals surface area contributed by atoms with E-state index in [2.05, 4.69) is 22.5 Å². The Bertz CT molecular complexity index is 769. The Morgan fingerprint density at radius 2 is 1.76 bits per heavy atom. The first kappa shape index (κ1) is 29.6. The molecule has 1 aliphatic heterocycles. The lowest BCUT2D eigenvalue weighted by Gasteiger charge is -2.30. The minimum absolute atomic E-state index is 0.278. The van der Waals surface area contributed by atoms with E-state index in [1.807, 2.05) is 33.8 Å². The van der Waals surface area contributed by atoms with Gasteiger partial charge in [0.2, 0.25) is 5.91 Å². The molecule has 4 N–H and O–H groups in total. The van der Waals surface area contributed by atoms with Crippen LogP contribution in [0.15, 0.2) is 42.6 Å². The lowest BCUT2D eigenvalue weighted by atomic mass is 10.1. The Morgan fingerprint density at radius 3 is 2.30 bits per heavy atom. The number of carbonyl (C=O) groups is 4. The van der Waals surface area contributed by atoms with Gasteiger partial charge in [0.15, 0.2) is 0 Å². The number of urea groups is 1. The van der Waals surface area contributed by atoms with E-state index in [1.54, 1.807) is 36.1 Å². The van der Waals surface area contributed by atoms with Gasteiger partial charge in [-0.1, -0.05) is 52.5 Å². The van der Waals surface area contributed by atoms with E-state index < -0.39 is 24.1 Å². The van der Waals surface area contributed by atoms with Crippen molar-refractivity contribution in [3.8, 4) is 0 Å². The minimum atomic E-state index is -1.11. The second-order valence-corrected chi connectivity index (χ2v) is 6.89. The van der Waals surface area contributed by atoms with Gasteiger partial charge < -0.3 is 30.8 Å². The molecule has 3 atom stereocenters. The number of hydrogen-bond acceptors (Lipinski definition) is 5. The quantitative estimate of drug-likeness (QED) is 0.417. The van der Waals surface area contributed by atoms with E-state index in [0.717, 1.165) is 6.42 Å². The number of carboxylic acid groups (broad SMARTS) is 1. The number of carbonyl (C=O) groups excluding carboxylic acids is 3. The molecule has 0 aromatic heterocycles. The van der Waals surface area contributed by atoms with Crippen molar-refractivity contribution in [1.82, 2.24) is 15.5 Å². The fourth-order valence-corrected chi connectivity index (χ4v) is 3.24. The fraction of sp³-hybridized carbons (Fsp3) is 0.500. The molecule has 1 aromatic rings. The van der Waals surface area contributed by atoms with Crippen LogP contribution in [0, 0.1) is 0 Å². The molecule has 1 aromatic carbocycles. The molecule has 9 nitrogen and oxygen atoms in total. The summed E-state index contributed by atoms with van der Waals surface area (Å²) in [7, 11) is 0. The molecule has 1 unspecified atom stereocenters. The van der Waals surface area contributed by atoms with Crippen LogP contribution in [0.3, 0.4) is 0 Å². The number of carboxylic acids is 1. The predicted molar refractivity (Wildman–Crippen MR) is 130 cm³/mol. The van der Waals surface area contributed by atoms with Gasteiger partial charge in [-0.05, 0) is 31.9 Å². The Hall–Kier alpha value is -3.36. The zero-order chi connectivity index (χ0) is 25.4. The normalized spacial score (nSPS) is 15.9. The molecule has 0 bridgehead atoms. The van der Waals surface area contributed by atoms with Crippen LogP contribution in [0.25, 0.3) is 0 Å². The lowest BCUT2D eigenvalue weighted by Crippen LogP contribution is -2.51. The summed E-state index contributed by atoms with van der Waals surface area (Å²) in [6.07, 6.45) is 1.52. The molecule has 1 heterocycles. The van der Waals surface area contributed by atoms with Gasteiger partial charge >= 0.3 is 12.0 Å². The lowest BCUT2D eigenvalue weighted by molar-refractivity contribution is -0.138. The van der Waals surface area contributed by atoms with Crippen molar-refractivity contribution in [3.63, 3.8) is 0 Å². The van der Waals surface area contributed by atoms with Crippen molar-refractivity contribution in [3.05, 3.63) is 42.6 Å². The zero-order valence-electron chi connectivity index (χ0n) is 20.3. The van der Waals surface area contributed by atoms with Gasteiger partial charge in [-0.15, -0.1) is 0 Å². The summed E-state index contributed by atoms with van der Waals surface area (Å²) in [6.45, 7) is 14.0. The molecule has 0 radical (unpaired) electrons. The minimum Gasteiger partial charge on any atom is -0.481 e. The smallest absolute Gasteiger partial charge is 0.319 e. The van der Waals surface area contributed by atoms with Crippen LogP contribution < -0.4 is 16.0 Å². The third kappa shape index (κ3) is 10.2. The van der Waals surface area contributed by atoms with Gasteiger partial charge in [-0.25, -0.2) is 4.79 Å². The third-order valence-electron chi connectivity index (χ3n) is 4.62. The Morgan fingerprint density at radius 1 is 1.15 bits per heavy atom. The molecule has 1 fully saturated rings. The van der Waals surface area contributed by atoms with E-state index in [4.69, 9.17) is 5.11 Å². The monoisotopic (exact) mass is 462 g/mol. The zero-order valence-corrected chi connectivity index (χ0v) is 20.3. The number of hydrogen-bond donors (Lipinski definition) is 4. The summed E-state index contributed by atoms with van der Waals surface area (Å²) >= 11 is 0. The average molecular weight is 463 g/mol.